The Morgan fingerprint density at radius 3 is 2.81 bits per heavy atom. The maximum absolute atomic E-state index is 12.6. The van der Waals surface area contributed by atoms with E-state index in [1.165, 1.54) is 0 Å². The maximum atomic E-state index is 12.6. The van der Waals surface area contributed by atoms with Crippen molar-refractivity contribution in [2.45, 2.75) is 31.4 Å². The van der Waals surface area contributed by atoms with Gasteiger partial charge in [0.25, 0.3) is 5.91 Å². The third-order valence-corrected chi connectivity index (χ3v) is 4.70. The van der Waals surface area contributed by atoms with Gasteiger partial charge in [0.15, 0.2) is 0 Å². The zero-order chi connectivity index (χ0) is 15.0. The van der Waals surface area contributed by atoms with Crippen LogP contribution in [0.2, 0.25) is 0 Å². The van der Waals surface area contributed by atoms with Crippen LogP contribution in [0.15, 0.2) is 6.07 Å². The number of aliphatic hydroxyl groups is 1. The summed E-state index contributed by atoms with van der Waals surface area (Å²) in [5.74, 6) is -0.0226. The standard InChI is InChI=1S/C15H24N4O2/c1-18-5-7-19(8-6-18)15(21)12-9-10-3-2-4-11(14(16)20)13(10)17-12/h9,11,14,17,20H,2-8,16H2,1H3. The van der Waals surface area contributed by atoms with Gasteiger partial charge in [-0.25, -0.2) is 0 Å². The first-order chi connectivity index (χ1) is 10.1. The molecule has 2 aliphatic rings. The van der Waals surface area contributed by atoms with Crippen molar-refractivity contribution in [1.29, 1.82) is 0 Å². The van der Waals surface area contributed by atoms with Gasteiger partial charge in [-0.2, -0.15) is 0 Å². The molecule has 1 aromatic heterocycles. The summed E-state index contributed by atoms with van der Waals surface area (Å²) in [5, 5.41) is 9.71. The molecule has 6 nitrogen and oxygen atoms in total. The van der Waals surface area contributed by atoms with Gasteiger partial charge in [-0.15, -0.1) is 0 Å². The van der Waals surface area contributed by atoms with E-state index < -0.39 is 6.23 Å². The average Bonchev–Trinajstić information content (AvgIpc) is 2.90. The number of aromatic amines is 1. The predicted molar refractivity (Wildman–Crippen MR) is 80.1 cm³/mol. The summed E-state index contributed by atoms with van der Waals surface area (Å²) >= 11 is 0. The van der Waals surface area contributed by atoms with Crippen LogP contribution in [-0.4, -0.2) is 65.3 Å². The number of hydrogen-bond donors (Lipinski definition) is 3. The number of hydrogen-bond acceptors (Lipinski definition) is 4. The highest BCUT2D eigenvalue weighted by Gasteiger charge is 2.29. The Kier molecular flexibility index (Phi) is 4.01. The zero-order valence-electron chi connectivity index (χ0n) is 12.5. The Balaban J connectivity index is 1.79. The second-order valence-corrected chi connectivity index (χ2v) is 6.21. The predicted octanol–water partition coefficient (Wildman–Crippen LogP) is 0.0993. The third-order valence-electron chi connectivity index (χ3n) is 4.70. The molecule has 2 unspecified atom stereocenters. The average molecular weight is 292 g/mol. The molecule has 21 heavy (non-hydrogen) atoms. The molecule has 116 valence electrons. The molecule has 3 rings (SSSR count). The monoisotopic (exact) mass is 292 g/mol. The Morgan fingerprint density at radius 2 is 2.14 bits per heavy atom. The fraction of sp³-hybridized carbons (Fsp3) is 0.667. The molecule has 0 spiro atoms. The molecular formula is C15H24N4O2. The highest BCUT2D eigenvalue weighted by molar-refractivity contribution is 5.93. The third kappa shape index (κ3) is 2.84. The van der Waals surface area contributed by atoms with Gasteiger partial charge in [0.1, 0.15) is 11.9 Å². The fourth-order valence-corrected chi connectivity index (χ4v) is 3.34. The van der Waals surface area contributed by atoms with Crippen molar-refractivity contribution in [2.75, 3.05) is 33.2 Å². The number of nitrogens with zero attached hydrogens (tertiary/aromatic N) is 2. The smallest absolute Gasteiger partial charge is 0.270 e. The number of aryl methyl sites for hydroxylation is 1. The minimum absolute atomic E-state index is 0.0581. The molecule has 1 aliphatic carbocycles. The molecule has 1 fully saturated rings. The Morgan fingerprint density at radius 1 is 1.43 bits per heavy atom. The molecule has 0 saturated carbocycles. The summed E-state index contributed by atoms with van der Waals surface area (Å²) in [6.07, 6.45) is 1.96. The van der Waals surface area contributed by atoms with Crippen molar-refractivity contribution in [1.82, 2.24) is 14.8 Å². The van der Waals surface area contributed by atoms with Crippen molar-refractivity contribution >= 4 is 5.91 Å². The van der Waals surface area contributed by atoms with Crippen molar-refractivity contribution in [3.8, 4) is 0 Å². The lowest BCUT2D eigenvalue weighted by atomic mass is 9.87. The van der Waals surface area contributed by atoms with Gasteiger partial charge in [0.05, 0.1) is 0 Å². The second kappa shape index (κ2) is 5.79. The van der Waals surface area contributed by atoms with Crippen LogP contribution in [0.5, 0.6) is 0 Å². The molecule has 2 atom stereocenters. The summed E-state index contributed by atoms with van der Waals surface area (Å²) in [4.78, 5) is 19.9. The number of amides is 1. The van der Waals surface area contributed by atoms with E-state index in [-0.39, 0.29) is 11.8 Å². The number of fused-ring (bicyclic) bond motifs is 1. The van der Waals surface area contributed by atoms with Crippen LogP contribution in [0.25, 0.3) is 0 Å². The zero-order valence-corrected chi connectivity index (χ0v) is 12.5. The summed E-state index contributed by atoms with van der Waals surface area (Å²) < 4.78 is 0. The van der Waals surface area contributed by atoms with Crippen LogP contribution in [0.4, 0.5) is 0 Å². The first-order valence-electron chi connectivity index (χ1n) is 7.69. The Bertz CT molecular complexity index is 518. The van der Waals surface area contributed by atoms with Gasteiger partial charge in [-0.1, -0.05) is 0 Å². The topological polar surface area (TPSA) is 85.6 Å². The lowest BCUT2D eigenvalue weighted by Crippen LogP contribution is -2.47. The van der Waals surface area contributed by atoms with Crippen molar-refractivity contribution < 1.29 is 9.90 Å². The normalized spacial score (nSPS) is 24.7. The molecule has 2 heterocycles. The number of aromatic nitrogens is 1. The van der Waals surface area contributed by atoms with E-state index in [0.29, 0.717) is 5.69 Å². The Labute approximate surface area is 124 Å². The van der Waals surface area contributed by atoms with Crippen molar-refractivity contribution in [3.63, 3.8) is 0 Å². The molecule has 1 aliphatic heterocycles. The van der Waals surface area contributed by atoms with Crippen molar-refractivity contribution in [3.05, 3.63) is 23.0 Å². The molecule has 6 heteroatoms. The number of nitrogens with one attached hydrogen (secondary N) is 1. The summed E-state index contributed by atoms with van der Waals surface area (Å²) in [7, 11) is 2.07. The second-order valence-electron chi connectivity index (χ2n) is 6.21. The highest BCUT2D eigenvalue weighted by atomic mass is 16.3. The molecule has 0 aromatic carbocycles. The summed E-state index contributed by atoms with van der Waals surface area (Å²) in [6.45, 7) is 3.36. The van der Waals surface area contributed by atoms with Gasteiger partial charge in [-0.3, -0.25) is 4.79 Å². The van der Waals surface area contributed by atoms with Crippen LogP contribution in [0, 0.1) is 0 Å². The van der Waals surface area contributed by atoms with E-state index >= 15 is 0 Å². The number of nitrogens with two attached hydrogens (primary N) is 1. The number of likely N-dealkylation sites (N-methyl/N-ethyl adjacent to an activating group) is 1. The quantitative estimate of drug-likeness (QED) is 0.675. The molecule has 4 N–H and O–H groups in total. The molecule has 1 amide bonds. The van der Waals surface area contributed by atoms with Crippen LogP contribution in [0.3, 0.4) is 0 Å². The number of H-pyrrole nitrogens is 1. The number of rotatable bonds is 2. The van der Waals surface area contributed by atoms with Gasteiger partial charge < -0.3 is 25.6 Å². The highest BCUT2D eigenvalue weighted by Crippen LogP contribution is 2.33. The SMILES string of the molecule is CN1CCN(C(=O)c2cc3c([nH]2)C(C(N)O)CCC3)CC1. The number of piperazine rings is 1. The van der Waals surface area contributed by atoms with Crippen LogP contribution in [-0.2, 0) is 6.42 Å². The lowest BCUT2D eigenvalue weighted by Gasteiger charge is -2.32. The van der Waals surface area contributed by atoms with E-state index in [1.54, 1.807) is 0 Å². The first kappa shape index (κ1) is 14.6. The summed E-state index contributed by atoms with van der Waals surface area (Å²) in [5.41, 5.74) is 8.38. The van der Waals surface area contributed by atoms with Crippen LogP contribution in [0.1, 0.15) is 40.5 Å². The van der Waals surface area contributed by atoms with Crippen molar-refractivity contribution in [2.24, 2.45) is 5.73 Å². The molecule has 1 aromatic rings. The summed E-state index contributed by atoms with van der Waals surface area (Å²) in [6, 6.07) is 1.95. The molecular weight excluding hydrogens is 268 g/mol. The number of aliphatic hydroxyl groups excluding tert-OH is 1. The van der Waals surface area contributed by atoms with Gasteiger partial charge in [0, 0.05) is 37.8 Å². The van der Waals surface area contributed by atoms with Gasteiger partial charge in [-0.05, 0) is 37.9 Å². The molecule has 0 radical (unpaired) electrons. The minimum atomic E-state index is -0.866. The minimum Gasteiger partial charge on any atom is -0.378 e. The van der Waals surface area contributed by atoms with E-state index in [2.05, 4.69) is 16.9 Å². The maximum Gasteiger partial charge on any atom is 0.270 e. The lowest BCUT2D eigenvalue weighted by molar-refractivity contribution is 0.0658. The fourth-order valence-electron chi connectivity index (χ4n) is 3.34. The Hall–Kier alpha value is -1.37. The first-order valence-corrected chi connectivity index (χ1v) is 7.69. The number of carbonyl (C=O) groups is 1. The van der Waals surface area contributed by atoms with Crippen LogP contribution >= 0.6 is 0 Å². The van der Waals surface area contributed by atoms with Crippen LogP contribution < -0.4 is 5.73 Å². The van der Waals surface area contributed by atoms with Gasteiger partial charge >= 0.3 is 0 Å². The molecule has 1 saturated heterocycles. The largest absolute Gasteiger partial charge is 0.378 e. The van der Waals surface area contributed by atoms with E-state index in [0.717, 1.165) is 56.7 Å². The number of carbonyl (C=O) groups excluding carboxylic acids is 1. The van der Waals surface area contributed by atoms with E-state index in [9.17, 15) is 9.90 Å². The van der Waals surface area contributed by atoms with E-state index in [1.807, 2.05) is 11.0 Å². The van der Waals surface area contributed by atoms with E-state index in [4.69, 9.17) is 5.73 Å². The molecule has 0 bridgehead atoms. The van der Waals surface area contributed by atoms with Gasteiger partial charge in [0.2, 0.25) is 0 Å².